The van der Waals surface area contributed by atoms with Crippen molar-refractivity contribution in [1.82, 2.24) is 8.61 Å². The average Bonchev–Trinajstić information content (AvgIpc) is 2.46. The molecule has 21 heavy (non-hydrogen) atoms. The van der Waals surface area contributed by atoms with Gasteiger partial charge in [0.2, 0.25) is 0 Å². The summed E-state index contributed by atoms with van der Waals surface area (Å²) in [6.45, 7) is 3.14. The van der Waals surface area contributed by atoms with Crippen molar-refractivity contribution in [3.8, 4) is 5.75 Å². The molecule has 0 radical (unpaired) electrons. The Hall–Kier alpha value is -0.820. The van der Waals surface area contributed by atoms with Crippen LogP contribution in [0.5, 0.6) is 5.75 Å². The van der Waals surface area contributed by atoms with Gasteiger partial charge in [0.1, 0.15) is 12.4 Å². The van der Waals surface area contributed by atoms with Crippen LogP contribution in [0.3, 0.4) is 0 Å². The minimum Gasteiger partial charge on any atom is -0.492 e. The van der Waals surface area contributed by atoms with Crippen LogP contribution < -0.4 is 4.74 Å². The Morgan fingerprint density at radius 1 is 1.10 bits per heavy atom. The molecule has 0 aliphatic carbocycles. The van der Waals surface area contributed by atoms with E-state index in [0.717, 1.165) is 12.8 Å². The quantitative estimate of drug-likeness (QED) is 0.697. The second kappa shape index (κ2) is 8.58. The van der Waals surface area contributed by atoms with E-state index in [1.54, 1.807) is 38.4 Å². The second-order valence-corrected chi connectivity index (χ2v) is 7.39. The van der Waals surface area contributed by atoms with Crippen LogP contribution in [0.15, 0.2) is 24.3 Å². The fraction of sp³-hybridized carbons (Fsp3) is 0.571. The van der Waals surface area contributed by atoms with Crippen molar-refractivity contribution >= 4 is 21.8 Å². The Morgan fingerprint density at radius 2 is 1.67 bits per heavy atom. The molecular weight excluding hydrogens is 312 g/mol. The highest BCUT2D eigenvalue weighted by atomic mass is 35.5. The third kappa shape index (κ3) is 5.82. The number of ether oxygens (including phenoxy) is 1. The molecule has 7 heteroatoms. The van der Waals surface area contributed by atoms with Crippen molar-refractivity contribution in [2.45, 2.75) is 19.8 Å². The van der Waals surface area contributed by atoms with E-state index in [2.05, 4.69) is 0 Å². The predicted octanol–water partition coefficient (Wildman–Crippen LogP) is 2.63. The summed E-state index contributed by atoms with van der Waals surface area (Å²) in [5, 5.41) is 0.639. The Labute approximate surface area is 132 Å². The zero-order valence-electron chi connectivity index (χ0n) is 12.8. The zero-order valence-corrected chi connectivity index (χ0v) is 14.3. The maximum absolute atomic E-state index is 12.2. The number of unbranched alkanes of at least 4 members (excludes halogenated alkanes) is 1. The molecule has 0 atom stereocenters. The number of halogens is 1. The number of hydrogen-bond acceptors (Lipinski definition) is 3. The molecule has 1 rings (SSSR count). The summed E-state index contributed by atoms with van der Waals surface area (Å²) in [6.07, 6.45) is 1.81. The smallest absolute Gasteiger partial charge is 0.281 e. The first-order valence-electron chi connectivity index (χ1n) is 6.94. The highest BCUT2D eigenvalue weighted by molar-refractivity contribution is 7.86. The largest absolute Gasteiger partial charge is 0.492 e. The molecule has 0 saturated heterocycles. The standard InChI is InChI=1S/C14H23ClN2O3S/c1-4-5-10-16(2)21(18,19)17(3)11-12-20-14-8-6-13(15)7-9-14/h6-9H,4-5,10-12H2,1-3H3. The maximum atomic E-state index is 12.2. The molecule has 120 valence electrons. The van der Waals surface area contributed by atoms with Crippen LogP contribution in [0.2, 0.25) is 5.02 Å². The van der Waals surface area contributed by atoms with Gasteiger partial charge in [-0.15, -0.1) is 0 Å². The van der Waals surface area contributed by atoms with E-state index in [4.69, 9.17) is 16.3 Å². The molecular formula is C14H23ClN2O3S. The van der Waals surface area contributed by atoms with Gasteiger partial charge in [-0.1, -0.05) is 24.9 Å². The van der Waals surface area contributed by atoms with Crippen LogP contribution in [0.4, 0.5) is 0 Å². The van der Waals surface area contributed by atoms with Crippen molar-refractivity contribution in [3.05, 3.63) is 29.3 Å². The van der Waals surface area contributed by atoms with Crippen LogP contribution in [0, 0.1) is 0 Å². The van der Waals surface area contributed by atoms with Gasteiger partial charge in [0.25, 0.3) is 10.2 Å². The Bertz CT molecular complexity index is 520. The Balaban J connectivity index is 2.45. The fourth-order valence-corrected chi connectivity index (χ4v) is 2.94. The van der Waals surface area contributed by atoms with Gasteiger partial charge in [0.15, 0.2) is 0 Å². The molecule has 0 unspecified atom stereocenters. The highest BCUT2D eigenvalue weighted by Crippen LogP contribution is 2.15. The van der Waals surface area contributed by atoms with Crippen LogP contribution in [0.25, 0.3) is 0 Å². The lowest BCUT2D eigenvalue weighted by atomic mass is 10.3. The molecule has 0 aliphatic rings. The third-order valence-corrected chi connectivity index (χ3v) is 5.30. The van der Waals surface area contributed by atoms with E-state index in [9.17, 15) is 8.42 Å². The monoisotopic (exact) mass is 334 g/mol. The van der Waals surface area contributed by atoms with E-state index in [1.165, 1.54) is 8.61 Å². The lowest BCUT2D eigenvalue weighted by Gasteiger charge is -2.24. The van der Waals surface area contributed by atoms with Gasteiger partial charge in [0.05, 0.1) is 0 Å². The molecule has 0 bridgehead atoms. The first-order valence-corrected chi connectivity index (χ1v) is 8.71. The summed E-state index contributed by atoms with van der Waals surface area (Å²) in [7, 11) is -0.250. The summed E-state index contributed by atoms with van der Waals surface area (Å²) in [4.78, 5) is 0. The third-order valence-electron chi connectivity index (χ3n) is 3.10. The zero-order chi connectivity index (χ0) is 15.9. The summed E-state index contributed by atoms with van der Waals surface area (Å²) >= 11 is 5.78. The SMILES string of the molecule is CCCCN(C)S(=O)(=O)N(C)CCOc1ccc(Cl)cc1. The lowest BCUT2D eigenvalue weighted by molar-refractivity contribution is 0.279. The first-order chi connectivity index (χ1) is 9.87. The molecule has 1 aromatic rings. The Kier molecular flexibility index (Phi) is 7.45. The topological polar surface area (TPSA) is 49.9 Å². The van der Waals surface area contributed by atoms with Gasteiger partial charge in [-0.25, -0.2) is 0 Å². The summed E-state index contributed by atoms with van der Waals surface area (Å²) in [5.74, 6) is 0.671. The van der Waals surface area contributed by atoms with Gasteiger partial charge >= 0.3 is 0 Å². The van der Waals surface area contributed by atoms with Gasteiger partial charge in [-0.3, -0.25) is 0 Å². The van der Waals surface area contributed by atoms with Crippen LogP contribution in [0.1, 0.15) is 19.8 Å². The highest BCUT2D eigenvalue weighted by Gasteiger charge is 2.22. The van der Waals surface area contributed by atoms with Gasteiger partial charge < -0.3 is 4.74 Å². The Morgan fingerprint density at radius 3 is 2.24 bits per heavy atom. The average molecular weight is 335 g/mol. The fourth-order valence-electron chi connectivity index (χ4n) is 1.67. The maximum Gasteiger partial charge on any atom is 0.281 e. The molecule has 5 nitrogen and oxygen atoms in total. The van der Waals surface area contributed by atoms with Crippen LogP contribution >= 0.6 is 11.6 Å². The lowest BCUT2D eigenvalue weighted by Crippen LogP contribution is -2.41. The van der Waals surface area contributed by atoms with Crippen molar-refractivity contribution in [2.75, 3.05) is 33.8 Å². The van der Waals surface area contributed by atoms with Crippen molar-refractivity contribution in [1.29, 1.82) is 0 Å². The normalized spacial score (nSPS) is 12.1. The molecule has 0 fully saturated rings. The van der Waals surface area contributed by atoms with Crippen molar-refractivity contribution < 1.29 is 13.2 Å². The summed E-state index contributed by atoms with van der Waals surface area (Å²) in [6, 6.07) is 6.97. The molecule has 0 amide bonds. The minimum atomic E-state index is -3.41. The summed E-state index contributed by atoms with van der Waals surface area (Å²) < 4.78 is 32.6. The molecule has 0 aromatic heterocycles. The number of hydrogen-bond donors (Lipinski definition) is 0. The van der Waals surface area contributed by atoms with E-state index in [-0.39, 0.29) is 0 Å². The van der Waals surface area contributed by atoms with E-state index in [1.807, 2.05) is 6.92 Å². The van der Waals surface area contributed by atoms with E-state index >= 15 is 0 Å². The number of benzene rings is 1. The van der Waals surface area contributed by atoms with E-state index in [0.29, 0.717) is 30.5 Å². The van der Waals surface area contributed by atoms with Crippen molar-refractivity contribution in [2.24, 2.45) is 0 Å². The molecule has 0 heterocycles. The summed E-state index contributed by atoms with van der Waals surface area (Å²) in [5.41, 5.74) is 0. The van der Waals surface area contributed by atoms with Crippen molar-refractivity contribution in [3.63, 3.8) is 0 Å². The molecule has 0 saturated carbocycles. The minimum absolute atomic E-state index is 0.291. The molecule has 0 aliphatic heterocycles. The van der Waals surface area contributed by atoms with Crippen LogP contribution in [-0.2, 0) is 10.2 Å². The first kappa shape index (κ1) is 18.2. The molecule has 1 aromatic carbocycles. The molecule has 0 spiro atoms. The van der Waals surface area contributed by atoms with Gasteiger partial charge in [-0.2, -0.15) is 17.0 Å². The number of rotatable bonds is 9. The van der Waals surface area contributed by atoms with Gasteiger partial charge in [0, 0.05) is 32.2 Å². The van der Waals surface area contributed by atoms with Crippen LogP contribution in [-0.4, -0.2) is 50.8 Å². The van der Waals surface area contributed by atoms with E-state index < -0.39 is 10.2 Å². The predicted molar refractivity (Wildman–Crippen MR) is 86.0 cm³/mol. The second-order valence-electron chi connectivity index (χ2n) is 4.81. The number of nitrogens with zero attached hydrogens (tertiary/aromatic N) is 2. The number of likely N-dealkylation sites (N-methyl/N-ethyl adjacent to an activating group) is 1. The van der Waals surface area contributed by atoms with Gasteiger partial charge in [-0.05, 0) is 30.7 Å². The molecule has 0 N–H and O–H groups in total.